The lowest BCUT2D eigenvalue weighted by molar-refractivity contribution is 0.0699. The van der Waals surface area contributed by atoms with Crippen LogP contribution in [0.15, 0.2) is 41.4 Å². The minimum atomic E-state index is -3.95. The lowest BCUT2D eigenvalue weighted by Crippen LogP contribution is -2.50. The molecule has 1 aromatic carbocycles. The molecule has 8 nitrogen and oxygen atoms in total. The Morgan fingerprint density at radius 3 is 2.48 bits per heavy atom. The van der Waals surface area contributed by atoms with Gasteiger partial charge in [0, 0.05) is 37.6 Å². The molecule has 2 aromatic heterocycles. The van der Waals surface area contributed by atoms with Crippen molar-refractivity contribution in [1.29, 1.82) is 0 Å². The molecular formula is C19H20FN5O3S. The number of rotatable bonds is 3. The van der Waals surface area contributed by atoms with Crippen LogP contribution in [-0.2, 0) is 10.0 Å². The smallest absolute Gasteiger partial charge is 0.259 e. The highest BCUT2D eigenvalue weighted by atomic mass is 32.2. The van der Waals surface area contributed by atoms with E-state index in [9.17, 15) is 17.6 Å². The number of fused-ring (bicyclic) bond motifs is 1. The van der Waals surface area contributed by atoms with Crippen LogP contribution >= 0.6 is 0 Å². The first-order valence-electron chi connectivity index (χ1n) is 9.15. The summed E-state index contributed by atoms with van der Waals surface area (Å²) < 4.78 is 42.2. The van der Waals surface area contributed by atoms with Gasteiger partial charge in [-0.2, -0.15) is 9.40 Å². The Hall–Kier alpha value is -2.85. The first-order chi connectivity index (χ1) is 13.8. The second kappa shape index (κ2) is 7.20. The van der Waals surface area contributed by atoms with Crippen molar-refractivity contribution >= 4 is 21.6 Å². The molecule has 0 N–H and O–H groups in total. The summed E-state index contributed by atoms with van der Waals surface area (Å²) in [7, 11) is -3.95. The quantitative estimate of drug-likeness (QED) is 0.646. The van der Waals surface area contributed by atoms with E-state index in [2.05, 4.69) is 10.1 Å². The molecule has 1 aliphatic heterocycles. The van der Waals surface area contributed by atoms with Crippen molar-refractivity contribution in [1.82, 2.24) is 23.8 Å². The van der Waals surface area contributed by atoms with Gasteiger partial charge in [0.2, 0.25) is 10.0 Å². The number of sulfonamides is 1. The third kappa shape index (κ3) is 3.38. The third-order valence-corrected chi connectivity index (χ3v) is 6.92. The Bertz CT molecular complexity index is 1200. The van der Waals surface area contributed by atoms with Crippen LogP contribution in [0.4, 0.5) is 4.39 Å². The standard InChI is InChI=1S/C19H20FN5O3S/c1-13-11-14(2)25-18(22-13)15(12-21-25)19(26)23-7-9-24(10-8-23)29(27,28)17-6-4-3-5-16(17)20/h3-6,11-12H,7-10H2,1-2H3. The van der Waals surface area contributed by atoms with Gasteiger partial charge in [0.05, 0.1) is 6.20 Å². The lowest BCUT2D eigenvalue weighted by Gasteiger charge is -2.33. The highest BCUT2D eigenvalue weighted by molar-refractivity contribution is 7.89. The topological polar surface area (TPSA) is 87.9 Å². The Morgan fingerprint density at radius 2 is 1.79 bits per heavy atom. The molecule has 10 heteroatoms. The zero-order valence-electron chi connectivity index (χ0n) is 16.0. The SMILES string of the molecule is Cc1cc(C)n2ncc(C(=O)N3CCN(S(=O)(=O)c4ccccc4F)CC3)c2n1. The zero-order chi connectivity index (χ0) is 20.8. The van der Waals surface area contributed by atoms with Crippen LogP contribution in [0.25, 0.3) is 5.65 Å². The van der Waals surface area contributed by atoms with E-state index in [4.69, 9.17) is 0 Å². The number of aryl methyl sites for hydroxylation is 2. The highest BCUT2D eigenvalue weighted by Gasteiger charge is 2.32. The lowest BCUT2D eigenvalue weighted by atomic mass is 10.2. The van der Waals surface area contributed by atoms with E-state index in [-0.39, 0.29) is 37.0 Å². The molecular weight excluding hydrogens is 397 g/mol. The maximum Gasteiger partial charge on any atom is 0.259 e. The summed E-state index contributed by atoms with van der Waals surface area (Å²) in [5, 5.41) is 4.24. The molecule has 4 rings (SSSR count). The van der Waals surface area contributed by atoms with E-state index >= 15 is 0 Å². The molecule has 0 radical (unpaired) electrons. The third-order valence-electron chi connectivity index (χ3n) is 4.99. The van der Waals surface area contributed by atoms with Crippen molar-refractivity contribution in [2.45, 2.75) is 18.7 Å². The minimum Gasteiger partial charge on any atom is -0.336 e. The van der Waals surface area contributed by atoms with Gasteiger partial charge in [-0.15, -0.1) is 0 Å². The summed E-state index contributed by atoms with van der Waals surface area (Å²) in [5.41, 5.74) is 2.51. The molecule has 0 unspecified atom stereocenters. The van der Waals surface area contributed by atoms with E-state index in [0.717, 1.165) is 17.5 Å². The maximum atomic E-state index is 14.0. The van der Waals surface area contributed by atoms with E-state index < -0.39 is 15.8 Å². The zero-order valence-corrected chi connectivity index (χ0v) is 16.9. The molecule has 0 saturated carbocycles. The largest absolute Gasteiger partial charge is 0.336 e. The van der Waals surface area contributed by atoms with Gasteiger partial charge in [0.1, 0.15) is 16.3 Å². The number of amides is 1. The Labute approximate surface area is 167 Å². The summed E-state index contributed by atoms with van der Waals surface area (Å²) in [4.78, 5) is 18.6. The highest BCUT2D eigenvalue weighted by Crippen LogP contribution is 2.21. The van der Waals surface area contributed by atoms with Crippen molar-refractivity contribution in [2.24, 2.45) is 0 Å². The van der Waals surface area contributed by atoms with Gasteiger partial charge in [0.25, 0.3) is 5.91 Å². The fourth-order valence-corrected chi connectivity index (χ4v) is 5.00. The molecule has 1 saturated heterocycles. The van der Waals surface area contributed by atoms with Gasteiger partial charge in [-0.3, -0.25) is 4.79 Å². The van der Waals surface area contributed by atoms with Crippen LogP contribution in [0.3, 0.4) is 0 Å². The number of benzene rings is 1. The van der Waals surface area contributed by atoms with E-state index in [1.807, 2.05) is 19.9 Å². The normalized spacial score (nSPS) is 15.8. The molecule has 0 bridgehead atoms. The molecule has 152 valence electrons. The predicted molar refractivity (Wildman–Crippen MR) is 104 cm³/mol. The first-order valence-corrected chi connectivity index (χ1v) is 10.6. The summed E-state index contributed by atoms with van der Waals surface area (Å²) in [5.74, 6) is -1.03. The Kier molecular flexibility index (Phi) is 4.83. The number of carbonyl (C=O) groups is 1. The van der Waals surface area contributed by atoms with E-state index in [1.165, 1.54) is 28.7 Å². The average molecular weight is 417 g/mol. The van der Waals surface area contributed by atoms with Crippen molar-refractivity contribution in [2.75, 3.05) is 26.2 Å². The van der Waals surface area contributed by atoms with Crippen LogP contribution in [0.2, 0.25) is 0 Å². The molecule has 0 atom stereocenters. The molecule has 3 aromatic rings. The molecule has 1 amide bonds. The van der Waals surface area contributed by atoms with Gasteiger partial charge >= 0.3 is 0 Å². The summed E-state index contributed by atoms with van der Waals surface area (Å²) in [6.07, 6.45) is 1.49. The van der Waals surface area contributed by atoms with Crippen molar-refractivity contribution in [3.8, 4) is 0 Å². The molecule has 1 aliphatic rings. The second-order valence-corrected chi connectivity index (χ2v) is 8.87. The predicted octanol–water partition coefficient (Wildman–Crippen LogP) is 1.63. The number of aromatic nitrogens is 3. The molecule has 0 spiro atoms. The summed E-state index contributed by atoms with van der Waals surface area (Å²) >= 11 is 0. The van der Waals surface area contributed by atoms with E-state index in [0.29, 0.717) is 11.2 Å². The van der Waals surface area contributed by atoms with Crippen molar-refractivity contribution < 1.29 is 17.6 Å². The minimum absolute atomic E-state index is 0.0904. The van der Waals surface area contributed by atoms with Crippen LogP contribution in [0, 0.1) is 19.7 Å². The van der Waals surface area contributed by atoms with Gasteiger partial charge < -0.3 is 4.90 Å². The van der Waals surface area contributed by atoms with Gasteiger partial charge in [-0.1, -0.05) is 12.1 Å². The van der Waals surface area contributed by atoms with Gasteiger partial charge in [0.15, 0.2) is 5.65 Å². The van der Waals surface area contributed by atoms with Crippen LogP contribution in [0.5, 0.6) is 0 Å². The van der Waals surface area contributed by atoms with Gasteiger partial charge in [-0.05, 0) is 32.0 Å². The molecule has 29 heavy (non-hydrogen) atoms. The number of halogens is 1. The second-order valence-electron chi connectivity index (χ2n) is 6.96. The van der Waals surface area contributed by atoms with Gasteiger partial charge in [-0.25, -0.2) is 22.3 Å². The number of piperazine rings is 1. The number of carbonyl (C=O) groups excluding carboxylic acids is 1. The summed E-state index contributed by atoms with van der Waals surface area (Å²) in [6, 6.07) is 7.17. The monoisotopic (exact) mass is 417 g/mol. The van der Waals surface area contributed by atoms with Crippen LogP contribution in [-0.4, -0.2) is 64.3 Å². The van der Waals surface area contributed by atoms with Crippen molar-refractivity contribution in [3.05, 3.63) is 59.3 Å². The molecule has 3 heterocycles. The maximum absolute atomic E-state index is 14.0. The fourth-order valence-electron chi connectivity index (χ4n) is 3.52. The first kappa shape index (κ1) is 19.5. The van der Waals surface area contributed by atoms with E-state index in [1.54, 1.807) is 9.42 Å². The Morgan fingerprint density at radius 1 is 1.10 bits per heavy atom. The number of hydrogen-bond donors (Lipinski definition) is 0. The Balaban J connectivity index is 1.53. The molecule has 0 aliphatic carbocycles. The average Bonchev–Trinajstić information content (AvgIpc) is 3.12. The number of nitrogens with zero attached hydrogens (tertiary/aromatic N) is 5. The molecule has 1 fully saturated rings. The van der Waals surface area contributed by atoms with Crippen LogP contribution < -0.4 is 0 Å². The summed E-state index contributed by atoms with van der Waals surface area (Å²) in [6.45, 7) is 4.32. The van der Waals surface area contributed by atoms with Crippen molar-refractivity contribution in [3.63, 3.8) is 0 Å². The fraction of sp³-hybridized carbons (Fsp3) is 0.316. The van der Waals surface area contributed by atoms with Crippen LogP contribution in [0.1, 0.15) is 21.7 Å². The number of hydrogen-bond acceptors (Lipinski definition) is 5.